The maximum absolute atomic E-state index is 11.7. The predicted molar refractivity (Wildman–Crippen MR) is 57.7 cm³/mol. The minimum atomic E-state index is -0.599. The van der Waals surface area contributed by atoms with Gasteiger partial charge < -0.3 is 14.9 Å². The molecule has 1 aromatic carbocycles. The van der Waals surface area contributed by atoms with Crippen LogP contribution in [0.5, 0.6) is 11.5 Å². The van der Waals surface area contributed by atoms with E-state index >= 15 is 0 Å². The molecule has 0 aromatic heterocycles. The molecule has 0 spiro atoms. The highest BCUT2D eigenvalue weighted by atomic mass is 16.6. The summed E-state index contributed by atoms with van der Waals surface area (Å²) < 4.78 is 5.20. The molecule has 1 aliphatic heterocycles. The number of hydrogen-bond donors (Lipinski definition) is 2. The van der Waals surface area contributed by atoms with E-state index in [1.807, 2.05) is 0 Å². The Morgan fingerprint density at radius 1 is 1.38 bits per heavy atom. The lowest BCUT2D eigenvalue weighted by Crippen LogP contribution is -2.36. The zero-order chi connectivity index (χ0) is 12.1. The lowest BCUT2D eigenvalue weighted by molar-refractivity contribution is -0.00690. The van der Waals surface area contributed by atoms with Gasteiger partial charge in [0.1, 0.15) is 22.7 Å². The van der Waals surface area contributed by atoms with Crippen LogP contribution in [0.1, 0.15) is 35.3 Å². The van der Waals surface area contributed by atoms with Crippen molar-refractivity contribution in [2.45, 2.75) is 32.8 Å². The second kappa shape index (κ2) is 3.14. The lowest BCUT2D eigenvalue weighted by Gasteiger charge is -2.31. The largest absolute Gasteiger partial charge is 0.508 e. The second-order valence-corrected chi connectivity index (χ2v) is 4.73. The Balaban J connectivity index is 2.66. The van der Waals surface area contributed by atoms with Gasteiger partial charge in [-0.3, -0.25) is 0 Å². The van der Waals surface area contributed by atoms with Crippen LogP contribution in [-0.4, -0.2) is 21.8 Å². The first-order valence-corrected chi connectivity index (χ1v) is 5.09. The molecular weight excluding hydrogens is 208 g/mol. The molecule has 0 radical (unpaired) electrons. The van der Waals surface area contributed by atoms with Crippen molar-refractivity contribution >= 4 is 5.97 Å². The minimum absolute atomic E-state index is 0.00162. The molecule has 4 nitrogen and oxygen atoms in total. The fourth-order valence-electron chi connectivity index (χ4n) is 1.97. The molecule has 0 saturated carbocycles. The molecule has 0 unspecified atom stereocenters. The number of phenols is 2. The first-order valence-electron chi connectivity index (χ1n) is 5.09. The van der Waals surface area contributed by atoms with Gasteiger partial charge >= 0.3 is 5.97 Å². The summed E-state index contributed by atoms with van der Waals surface area (Å²) in [5.74, 6) is -0.718. The van der Waals surface area contributed by atoms with Crippen LogP contribution >= 0.6 is 0 Å². The Kier molecular flexibility index (Phi) is 2.12. The summed E-state index contributed by atoms with van der Waals surface area (Å²) >= 11 is 0. The first-order chi connectivity index (χ1) is 7.32. The molecule has 16 heavy (non-hydrogen) atoms. The maximum atomic E-state index is 11.7. The standard InChI is InChI=1S/C12H14O4/c1-6-8(13)4-7-5-12(2,3)16-11(15)9(7)10(6)14/h4,13-14H,5H2,1-3H3. The number of carbonyl (C=O) groups is 1. The number of fused-ring (bicyclic) bond motifs is 1. The molecule has 0 aliphatic carbocycles. The normalized spacial score (nSPS) is 17.8. The van der Waals surface area contributed by atoms with E-state index in [-0.39, 0.29) is 17.1 Å². The third kappa shape index (κ3) is 1.50. The number of rotatable bonds is 0. The Bertz CT molecular complexity index is 474. The summed E-state index contributed by atoms with van der Waals surface area (Å²) in [5.41, 5.74) is 0.505. The molecule has 4 heteroatoms. The van der Waals surface area contributed by atoms with Crippen LogP contribution in [0.15, 0.2) is 6.07 Å². The van der Waals surface area contributed by atoms with Crippen LogP contribution in [-0.2, 0) is 11.2 Å². The second-order valence-electron chi connectivity index (χ2n) is 4.73. The van der Waals surface area contributed by atoms with E-state index in [0.717, 1.165) is 0 Å². The molecule has 0 bridgehead atoms. The van der Waals surface area contributed by atoms with Crippen molar-refractivity contribution in [2.24, 2.45) is 0 Å². The third-order valence-corrected chi connectivity index (χ3v) is 2.80. The average Bonchev–Trinajstić information content (AvgIpc) is 2.11. The first kappa shape index (κ1) is 10.8. The van der Waals surface area contributed by atoms with Crippen molar-refractivity contribution < 1.29 is 19.7 Å². The fourth-order valence-corrected chi connectivity index (χ4v) is 1.97. The van der Waals surface area contributed by atoms with Crippen LogP contribution in [0, 0.1) is 6.92 Å². The molecule has 2 rings (SSSR count). The van der Waals surface area contributed by atoms with Gasteiger partial charge in [0.25, 0.3) is 0 Å². The van der Waals surface area contributed by atoms with E-state index in [0.29, 0.717) is 17.5 Å². The Labute approximate surface area is 93.5 Å². The van der Waals surface area contributed by atoms with E-state index in [1.54, 1.807) is 20.8 Å². The van der Waals surface area contributed by atoms with Crippen LogP contribution in [0.25, 0.3) is 0 Å². The van der Waals surface area contributed by atoms with Gasteiger partial charge in [-0.15, -0.1) is 0 Å². The number of hydrogen-bond acceptors (Lipinski definition) is 4. The van der Waals surface area contributed by atoms with Crippen molar-refractivity contribution in [3.63, 3.8) is 0 Å². The maximum Gasteiger partial charge on any atom is 0.342 e. The zero-order valence-electron chi connectivity index (χ0n) is 9.50. The molecule has 0 saturated heterocycles. The molecule has 0 amide bonds. The van der Waals surface area contributed by atoms with Gasteiger partial charge in [-0.2, -0.15) is 0 Å². The van der Waals surface area contributed by atoms with Gasteiger partial charge in [-0.25, -0.2) is 4.79 Å². The Hall–Kier alpha value is -1.71. The smallest absolute Gasteiger partial charge is 0.342 e. The fraction of sp³-hybridized carbons (Fsp3) is 0.417. The number of ether oxygens (including phenoxy) is 1. The highest BCUT2D eigenvalue weighted by Gasteiger charge is 2.35. The number of carbonyl (C=O) groups excluding carboxylic acids is 1. The van der Waals surface area contributed by atoms with Gasteiger partial charge in [0, 0.05) is 12.0 Å². The molecule has 86 valence electrons. The zero-order valence-corrected chi connectivity index (χ0v) is 9.50. The summed E-state index contributed by atoms with van der Waals surface area (Å²) in [6, 6.07) is 1.52. The third-order valence-electron chi connectivity index (χ3n) is 2.80. The molecule has 1 aliphatic rings. The lowest BCUT2D eigenvalue weighted by atomic mass is 9.89. The summed E-state index contributed by atoms with van der Waals surface area (Å²) in [6.07, 6.45) is 0.482. The van der Waals surface area contributed by atoms with Gasteiger partial charge in [0.05, 0.1) is 0 Å². The molecule has 1 aromatic rings. The van der Waals surface area contributed by atoms with Crippen LogP contribution in [0.3, 0.4) is 0 Å². The minimum Gasteiger partial charge on any atom is -0.508 e. The molecule has 1 heterocycles. The van der Waals surface area contributed by atoms with Gasteiger partial charge in [-0.1, -0.05) is 0 Å². The molecule has 0 fully saturated rings. The van der Waals surface area contributed by atoms with E-state index in [1.165, 1.54) is 6.07 Å². The van der Waals surface area contributed by atoms with Crippen molar-refractivity contribution in [1.29, 1.82) is 0 Å². The summed E-state index contributed by atoms with van der Waals surface area (Å²) in [4.78, 5) is 11.7. The van der Waals surface area contributed by atoms with Crippen molar-refractivity contribution in [3.8, 4) is 11.5 Å². The quantitative estimate of drug-likeness (QED) is 0.658. The molecule has 0 atom stereocenters. The molecule has 2 N–H and O–H groups in total. The average molecular weight is 222 g/mol. The number of aromatic hydroxyl groups is 2. The van der Waals surface area contributed by atoms with Crippen LogP contribution < -0.4 is 0 Å². The number of benzene rings is 1. The van der Waals surface area contributed by atoms with E-state index < -0.39 is 11.6 Å². The summed E-state index contributed by atoms with van der Waals surface area (Å²) in [7, 11) is 0. The number of esters is 1. The highest BCUT2D eigenvalue weighted by Crippen LogP contribution is 2.38. The monoisotopic (exact) mass is 222 g/mol. The van der Waals surface area contributed by atoms with Gasteiger partial charge in [0.15, 0.2) is 0 Å². The van der Waals surface area contributed by atoms with Crippen LogP contribution in [0.2, 0.25) is 0 Å². The van der Waals surface area contributed by atoms with Gasteiger partial charge in [-0.05, 0) is 32.4 Å². The predicted octanol–water partition coefficient (Wildman–Crippen LogP) is 1.90. The van der Waals surface area contributed by atoms with E-state index in [9.17, 15) is 15.0 Å². The van der Waals surface area contributed by atoms with Crippen molar-refractivity contribution in [2.75, 3.05) is 0 Å². The topological polar surface area (TPSA) is 66.8 Å². The summed E-state index contributed by atoms with van der Waals surface area (Å²) in [5, 5.41) is 19.4. The Morgan fingerprint density at radius 2 is 2.00 bits per heavy atom. The van der Waals surface area contributed by atoms with Crippen LogP contribution in [0.4, 0.5) is 0 Å². The SMILES string of the molecule is Cc1c(O)cc2c(c1O)C(=O)OC(C)(C)C2. The molecular formula is C12H14O4. The van der Waals surface area contributed by atoms with E-state index in [4.69, 9.17) is 4.74 Å². The highest BCUT2D eigenvalue weighted by molar-refractivity contribution is 5.96. The summed E-state index contributed by atoms with van der Waals surface area (Å²) in [6.45, 7) is 5.14. The number of phenolic OH excluding ortho intramolecular Hbond substituents is 2. The Morgan fingerprint density at radius 3 is 2.62 bits per heavy atom. The van der Waals surface area contributed by atoms with E-state index in [2.05, 4.69) is 0 Å². The van der Waals surface area contributed by atoms with Gasteiger partial charge in [0.2, 0.25) is 0 Å². The number of cyclic esters (lactones) is 1. The van der Waals surface area contributed by atoms with Crippen molar-refractivity contribution in [3.05, 3.63) is 22.8 Å². The van der Waals surface area contributed by atoms with Crippen molar-refractivity contribution in [1.82, 2.24) is 0 Å².